The Labute approximate surface area is 189 Å². The highest BCUT2D eigenvalue weighted by Crippen LogP contribution is 2.28. The molecule has 0 unspecified atom stereocenters. The Balaban J connectivity index is 0.000000683. The fourth-order valence-corrected chi connectivity index (χ4v) is 4.10. The number of carbonyl (C=O) groups excluding carboxylic acids is 1. The summed E-state index contributed by atoms with van der Waals surface area (Å²) < 4.78 is 4.88. The standard InChI is InChI=1S/C16H28O4.C9H19NO/c1-2-3-4-5-6-7-8-9-10-11-14-20-16(19)13-12-15(17)18;1-8(2)5-7(11)6-9(3,4)10-8/h10-11H,2-9,12-14H2,1H3,(H,17,18);7,10-11H,5-6H2,1-4H3. The zero-order valence-electron chi connectivity index (χ0n) is 20.5. The third-order valence-electron chi connectivity index (χ3n) is 5.19. The minimum Gasteiger partial charge on any atom is -0.481 e. The molecule has 1 aliphatic heterocycles. The molecule has 0 aromatic carbocycles. The lowest BCUT2D eigenvalue weighted by atomic mass is 9.81. The van der Waals surface area contributed by atoms with Crippen molar-refractivity contribution in [3.8, 4) is 0 Å². The number of esters is 1. The highest BCUT2D eigenvalue weighted by atomic mass is 16.5. The van der Waals surface area contributed by atoms with Gasteiger partial charge in [-0.3, -0.25) is 9.59 Å². The van der Waals surface area contributed by atoms with E-state index in [1.807, 2.05) is 12.2 Å². The van der Waals surface area contributed by atoms with Crippen LogP contribution in [-0.4, -0.2) is 45.9 Å². The average molecular weight is 442 g/mol. The van der Waals surface area contributed by atoms with Gasteiger partial charge >= 0.3 is 11.9 Å². The van der Waals surface area contributed by atoms with Crippen molar-refractivity contribution in [1.29, 1.82) is 0 Å². The Hall–Kier alpha value is -1.40. The number of carboxylic acid groups (broad SMARTS) is 1. The second-order valence-corrected chi connectivity index (χ2v) is 9.91. The number of nitrogens with one attached hydrogen (secondary N) is 1. The second-order valence-electron chi connectivity index (χ2n) is 9.91. The van der Waals surface area contributed by atoms with Crippen LogP contribution in [0, 0.1) is 0 Å². The van der Waals surface area contributed by atoms with Crippen LogP contribution in [0.25, 0.3) is 0 Å². The molecule has 0 spiro atoms. The number of piperidine rings is 1. The molecule has 0 aromatic heterocycles. The topological polar surface area (TPSA) is 95.9 Å². The quantitative estimate of drug-likeness (QED) is 0.202. The first kappa shape index (κ1) is 29.6. The van der Waals surface area contributed by atoms with Crippen LogP contribution >= 0.6 is 0 Å². The summed E-state index contributed by atoms with van der Waals surface area (Å²) in [6.45, 7) is 11.0. The summed E-state index contributed by atoms with van der Waals surface area (Å²) in [5, 5.41) is 21.4. The van der Waals surface area contributed by atoms with Crippen LogP contribution in [0.5, 0.6) is 0 Å². The first-order valence-electron chi connectivity index (χ1n) is 12.0. The van der Waals surface area contributed by atoms with Gasteiger partial charge in [-0.1, -0.05) is 57.6 Å². The van der Waals surface area contributed by atoms with Gasteiger partial charge in [0.25, 0.3) is 0 Å². The number of ether oxygens (including phenoxy) is 1. The fraction of sp³-hybridized carbons (Fsp3) is 0.840. The zero-order chi connectivity index (χ0) is 23.8. The number of carboxylic acids is 1. The Morgan fingerprint density at radius 1 is 0.935 bits per heavy atom. The van der Waals surface area contributed by atoms with Crippen molar-refractivity contribution in [2.45, 2.75) is 129 Å². The Morgan fingerprint density at radius 2 is 1.48 bits per heavy atom. The monoisotopic (exact) mass is 441 g/mol. The van der Waals surface area contributed by atoms with E-state index in [1.54, 1.807) is 0 Å². The van der Waals surface area contributed by atoms with Crippen LogP contribution in [-0.2, 0) is 14.3 Å². The second kappa shape index (κ2) is 16.3. The van der Waals surface area contributed by atoms with Crippen LogP contribution in [0.1, 0.15) is 112 Å². The number of allylic oxidation sites excluding steroid dienone is 1. The van der Waals surface area contributed by atoms with Crippen LogP contribution in [0.4, 0.5) is 0 Å². The lowest BCUT2D eigenvalue weighted by Crippen LogP contribution is -2.59. The van der Waals surface area contributed by atoms with Crippen molar-refractivity contribution in [2.24, 2.45) is 0 Å². The minimum absolute atomic E-state index is 0.0546. The summed E-state index contributed by atoms with van der Waals surface area (Å²) in [6, 6.07) is 0. The summed E-state index contributed by atoms with van der Waals surface area (Å²) >= 11 is 0. The maximum Gasteiger partial charge on any atom is 0.306 e. The van der Waals surface area contributed by atoms with Crippen molar-refractivity contribution in [1.82, 2.24) is 5.32 Å². The summed E-state index contributed by atoms with van der Waals surface area (Å²) in [6.07, 6.45) is 15.3. The Bertz CT molecular complexity index is 512. The first-order valence-corrected chi connectivity index (χ1v) is 12.0. The van der Waals surface area contributed by atoms with Gasteiger partial charge < -0.3 is 20.3 Å². The van der Waals surface area contributed by atoms with Gasteiger partial charge in [0, 0.05) is 11.1 Å². The van der Waals surface area contributed by atoms with E-state index in [1.165, 1.54) is 44.9 Å². The van der Waals surface area contributed by atoms with Crippen LogP contribution in [0.2, 0.25) is 0 Å². The average Bonchev–Trinajstić information content (AvgIpc) is 2.62. The highest BCUT2D eigenvalue weighted by Gasteiger charge is 2.36. The Kier molecular flexibility index (Phi) is 15.5. The molecule has 0 atom stereocenters. The van der Waals surface area contributed by atoms with Crippen molar-refractivity contribution >= 4 is 11.9 Å². The molecule has 0 amide bonds. The van der Waals surface area contributed by atoms with Crippen LogP contribution < -0.4 is 5.32 Å². The summed E-state index contributed by atoms with van der Waals surface area (Å²) in [7, 11) is 0. The molecule has 0 bridgehead atoms. The summed E-state index contributed by atoms with van der Waals surface area (Å²) in [5.41, 5.74) is 0.169. The van der Waals surface area contributed by atoms with Crippen LogP contribution in [0.15, 0.2) is 12.2 Å². The third kappa shape index (κ3) is 19.0. The first-order chi connectivity index (χ1) is 14.5. The number of unbranched alkanes of at least 4 members (excludes halogenated alkanes) is 7. The molecule has 0 aliphatic carbocycles. The van der Waals surface area contributed by atoms with Crippen molar-refractivity contribution in [3.05, 3.63) is 12.2 Å². The number of rotatable bonds is 13. The van der Waals surface area contributed by atoms with Crippen molar-refractivity contribution in [3.63, 3.8) is 0 Å². The number of aliphatic carboxylic acids is 1. The number of aliphatic hydroxyl groups is 1. The molecule has 1 fully saturated rings. The van der Waals surface area contributed by atoms with E-state index in [-0.39, 0.29) is 36.6 Å². The molecule has 6 heteroatoms. The molecule has 182 valence electrons. The van der Waals surface area contributed by atoms with E-state index in [4.69, 9.17) is 9.84 Å². The maximum absolute atomic E-state index is 11.1. The third-order valence-corrected chi connectivity index (χ3v) is 5.19. The lowest BCUT2D eigenvalue weighted by Gasteiger charge is -2.44. The molecule has 3 N–H and O–H groups in total. The number of aliphatic hydroxyl groups excluding tert-OH is 1. The Morgan fingerprint density at radius 3 is 2.00 bits per heavy atom. The van der Waals surface area contributed by atoms with E-state index in [0.29, 0.717) is 0 Å². The zero-order valence-corrected chi connectivity index (χ0v) is 20.5. The van der Waals surface area contributed by atoms with Crippen molar-refractivity contribution < 1.29 is 24.5 Å². The lowest BCUT2D eigenvalue weighted by molar-refractivity contribution is -0.146. The van der Waals surface area contributed by atoms with E-state index in [9.17, 15) is 14.7 Å². The van der Waals surface area contributed by atoms with Gasteiger partial charge in [0.15, 0.2) is 0 Å². The number of hydrogen-bond donors (Lipinski definition) is 3. The normalized spacial score (nSPS) is 17.7. The summed E-state index contributed by atoms with van der Waals surface area (Å²) in [4.78, 5) is 21.3. The molecule has 1 saturated heterocycles. The molecule has 0 saturated carbocycles. The maximum atomic E-state index is 11.1. The fourth-order valence-electron chi connectivity index (χ4n) is 4.10. The van der Waals surface area contributed by atoms with E-state index >= 15 is 0 Å². The largest absolute Gasteiger partial charge is 0.481 e. The molecule has 31 heavy (non-hydrogen) atoms. The van der Waals surface area contributed by atoms with E-state index in [0.717, 1.165) is 19.3 Å². The molecule has 1 heterocycles. The molecule has 0 radical (unpaired) electrons. The number of carbonyl (C=O) groups is 2. The molecule has 1 rings (SSSR count). The van der Waals surface area contributed by atoms with Gasteiger partial charge in [-0.2, -0.15) is 0 Å². The highest BCUT2D eigenvalue weighted by molar-refractivity contribution is 5.76. The molecule has 1 aliphatic rings. The van der Waals surface area contributed by atoms with Gasteiger partial charge in [0.2, 0.25) is 0 Å². The smallest absolute Gasteiger partial charge is 0.306 e. The SMILES string of the molecule is CC1(C)CC(O)CC(C)(C)N1.CCCCCCCCCC=CCOC(=O)CCC(=O)O. The predicted molar refractivity (Wildman–Crippen MR) is 126 cm³/mol. The van der Waals surface area contributed by atoms with Crippen LogP contribution in [0.3, 0.4) is 0 Å². The van der Waals surface area contributed by atoms with Gasteiger partial charge in [0.1, 0.15) is 6.61 Å². The van der Waals surface area contributed by atoms with Gasteiger partial charge in [-0.25, -0.2) is 0 Å². The van der Waals surface area contributed by atoms with Crippen molar-refractivity contribution in [2.75, 3.05) is 6.61 Å². The van der Waals surface area contributed by atoms with Gasteiger partial charge in [0.05, 0.1) is 18.9 Å². The van der Waals surface area contributed by atoms with Gasteiger partial charge in [-0.15, -0.1) is 0 Å². The number of hydrogen-bond acceptors (Lipinski definition) is 5. The molecule has 0 aromatic rings. The summed E-state index contributed by atoms with van der Waals surface area (Å²) in [5.74, 6) is -1.43. The molecule has 6 nitrogen and oxygen atoms in total. The minimum atomic E-state index is -0.976. The van der Waals surface area contributed by atoms with E-state index < -0.39 is 11.9 Å². The molecular weight excluding hydrogens is 394 g/mol. The van der Waals surface area contributed by atoms with E-state index in [2.05, 4.69) is 39.9 Å². The predicted octanol–water partition coefficient (Wildman–Crippen LogP) is 5.38. The van der Waals surface area contributed by atoms with Gasteiger partial charge in [-0.05, 0) is 53.4 Å². The molecular formula is C25H47NO5.